The number of carbonyl (C=O) groups is 4. The van der Waals surface area contributed by atoms with E-state index in [4.69, 9.17) is 9.47 Å². The molecule has 0 aromatic heterocycles. The van der Waals surface area contributed by atoms with E-state index in [1.54, 1.807) is 36.4 Å². The summed E-state index contributed by atoms with van der Waals surface area (Å²) >= 11 is 0. The van der Waals surface area contributed by atoms with Gasteiger partial charge in [-0.05, 0) is 57.6 Å². The first-order valence-corrected chi connectivity index (χ1v) is 16.1. The van der Waals surface area contributed by atoms with Crippen LogP contribution in [0, 0.1) is 34.9 Å². The summed E-state index contributed by atoms with van der Waals surface area (Å²) in [5.41, 5.74) is -2.37. The fraction of sp³-hybridized carbons (Fsp3) is 0.0244. The third-order valence-corrected chi connectivity index (χ3v) is 9.67. The number of hydrogen-bond donors (Lipinski definition) is 0. The van der Waals surface area contributed by atoms with E-state index in [-0.39, 0.29) is 11.5 Å². The van der Waals surface area contributed by atoms with Crippen molar-refractivity contribution >= 4 is 23.9 Å². The first-order chi connectivity index (χ1) is 26.4. The zero-order chi connectivity index (χ0) is 38.5. The number of hydrogen-bond acceptors (Lipinski definition) is 8. The minimum Gasteiger partial charge on any atom is -0.451 e. The van der Waals surface area contributed by atoms with Gasteiger partial charge in [0.05, 0.1) is 5.41 Å². The topological polar surface area (TPSA) is 105 Å². The van der Waals surface area contributed by atoms with E-state index in [9.17, 15) is 28.0 Å². The molecule has 6 aromatic carbocycles. The highest BCUT2D eigenvalue weighted by atomic mass is 19.2. The minimum atomic E-state index is -1.88. The SMILES string of the molecule is O=C1OC(=O)c2c(F)c(Oc3cccc(C4(c5cccc(Oc6c(F)c(F)c7c(c6F)C(=O)OC7=O)c5)c5ccccc5-c5ccccc54)c3)c(F)c(F)c21. The van der Waals surface area contributed by atoms with Gasteiger partial charge in [-0.1, -0.05) is 72.8 Å². The van der Waals surface area contributed by atoms with Crippen molar-refractivity contribution in [3.8, 4) is 34.1 Å². The molecule has 6 aromatic rings. The molecule has 0 N–H and O–H groups in total. The molecule has 0 radical (unpaired) electrons. The van der Waals surface area contributed by atoms with Crippen LogP contribution in [0.15, 0.2) is 97.1 Å². The summed E-state index contributed by atoms with van der Waals surface area (Å²) in [5, 5.41) is 0. The minimum absolute atomic E-state index is 0.236. The summed E-state index contributed by atoms with van der Waals surface area (Å²) in [6, 6.07) is 26.1. The molecule has 0 unspecified atom stereocenters. The van der Waals surface area contributed by atoms with Crippen LogP contribution in [0.2, 0.25) is 0 Å². The van der Waals surface area contributed by atoms with Crippen LogP contribution in [0.1, 0.15) is 63.7 Å². The number of rotatable bonds is 6. The lowest BCUT2D eigenvalue weighted by Crippen LogP contribution is -2.28. The predicted octanol–water partition coefficient (Wildman–Crippen LogP) is 9.09. The molecule has 8 nitrogen and oxygen atoms in total. The number of carbonyl (C=O) groups excluding carboxylic acids is 4. The zero-order valence-electron chi connectivity index (χ0n) is 27.3. The van der Waals surface area contributed by atoms with Gasteiger partial charge in [-0.15, -0.1) is 0 Å². The third kappa shape index (κ3) is 4.60. The van der Waals surface area contributed by atoms with E-state index >= 15 is 17.6 Å². The number of halogens is 6. The van der Waals surface area contributed by atoms with E-state index in [0.29, 0.717) is 22.3 Å². The lowest BCUT2D eigenvalue weighted by molar-refractivity contribution is 0.0422. The Kier molecular flexibility index (Phi) is 7.27. The lowest BCUT2D eigenvalue weighted by atomic mass is 9.67. The first kappa shape index (κ1) is 33.6. The maximum Gasteiger partial charge on any atom is 0.350 e. The predicted molar refractivity (Wildman–Crippen MR) is 176 cm³/mol. The smallest absolute Gasteiger partial charge is 0.350 e. The van der Waals surface area contributed by atoms with Gasteiger partial charge in [0.1, 0.15) is 33.8 Å². The van der Waals surface area contributed by atoms with Crippen molar-refractivity contribution in [3.05, 3.63) is 176 Å². The molecular formula is C41H16F6O8. The Morgan fingerprint density at radius 3 is 1.18 bits per heavy atom. The van der Waals surface area contributed by atoms with Crippen molar-refractivity contribution in [3.63, 3.8) is 0 Å². The van der Waals surface area contributed by atoms with Crippen molar-refractivity contribution in [2.24, 2.45) is 0 Å². The standard InChI is InChI=1S/C41H16F6O8/c42-29-25-27(39(50)54-37(25)48)31(44)35(33(29)46)52-19-9-5-7-17(15-19)41(23-13-3-1-11-21(23)22-12-2-4-14-24(22)41)18-8-6-10-20(16-18)53-36-32(45)28-26(30(43)34(36)47)38(49)55-40(28)51/h1-16H. The van der Waals surface area contributed by atoms with Gasteiger partial charge in [-0.25, -0.2) is 36.7 Å². The molecule has 0 bridgehead atoms. The molecule has 2 aliphatic heterocycles. The van der Waals surface area contributed by atoms with Gasteiger partial charge in [0.2, 0.25) is 23.1 Å². The van der Waals surface area contributed by atoms with Gasteiger partial charge in [-0.2, -0.15) is 8.78 Å². The second kappa shape index (κ2) is 11.9. The molecule has 0 fully saturated rings. The monoisotopic (exact) mass is 750 g/mol. The molecule has 9 rings (SSSR count). The molecule has 3 aliphatic rings. The molecular weight excluding hydrogens is 734 g/mol. The summed E-state index contributed by atoms with van der Waals surface area (Å²) < 4.78 is 111. The first-order valence-electron chi connectivity index (χ1n) is 16.1. The Balaban J connectivity index is 1.22. The van der Waals surface area contributed by atoms with E-state index in [0.717, 1.165) is 11.1 Å². The van der Waals surface area contributed by atoms with Gasteiger partial charge < -0.3 is 18.9 Å². The summed E-state index contributed by atoms with van der Waals surface area (Å²) in [7, 11) is 0. The zero-order valence-corrected chi connectivity index (χ0v) is 27.3. The molecule has 0 saturated heterocycles. The van der Waals surface area contributed by atoms with E-state index in [1.165, 1.54) is 36.4 Å². The van der Waals surface area contributed by atoms with Crippen LogP contribution < -0.4 is 9.47 Å². The van der Waals surface area contributed by atoms with Crippen LogP contribution in [0.25, 0.3) is 11.1 Å². The molecule has 0 amide bonds. The highest BCUT2D eigenvalue weighted by molar-refractivity contribution is 6.16. The number of fused-ring (bicyclic) bond motifs is 5. The second-order valence-electron chi connectivity index (χ2n) is 12.5. The molecule has 0 atom stereocenters. The van der Waals surface area contributed by atoms with Crippen molar-refractivity contribution in [1.29, 1.82) is 0 Å². The number of cyclic esters (lactones) is 4. The normalized spacial score (nSPS) is 14.6. The van der Waals surface area contributed by atoms with Crippen molar-refractivity contribution < 1.29 is 64.5 Å². The second-order valence-corrected chi connectivity index (χ2v) is 12.5. The van der Waals surface area contributed by atoms with Gasteiger partial charge in [-0.3, -0.25) is 0 Å². The van der Waals surface area contributed by atoms with Crippen LogP contribution in [0.3, 0.4) is 0 Å². The average Bonchev–Trinajstić information content (AvgIpc) is 3.78. The van der Waals surface area contributed by atoms with Gasteiger partial charge in [0, 0.05) is 0 Å². The fourth-order valence-electron chi connectivity index (χ4n) is 7.44. The Labute approximate surface area is 304 Å². The molecule has 0 spiro atoms. The van der Waals surface area contributed by atoms with Crippen molar-refractivity contribution in [1.82, 2.24) is 0 Å². The number of ether oxygens (including phenoxy) is 4. The maximum atomic E-state index is 15.6. The molecule has 2 heterocycles. The summed E-state index contributed by atoms with van der Waals surface area (Å²) in [5.74, 6) is -20.0. The van der Waals surface area contributed by atoms with Gasteiger partial charge in [0.15, 0.2) is 23.3 Å². The molecule has 14 heteroatoms. The van der Waals surface area contributed by atoms with Crippen molar-refractivity contribution in [2.75, 3.05) is 0 Å². The molecule has 0 saturated carbocycles. The summed E-state index contributed by atoms with van der Waals surface area (Å²) in [6.07, 6.45) is 0. The Bertz CT molecular complexity index is 2590. The van der Waals surface area contributed by atoms with E-state index in [1.807, 2.05) is 24.3 Å². The van der Waals surface area contributed by atoms with Crippen LogP contribution >= 0.6 is 0 Å². The maximum absolute atomic E-state index is 15.6. The van der Waals surface area contributed by atoms with Gasteiger partial charge >= 0.3 is 23.9 Å². The highest BCUT2D eigenvalue weighted by Gasteiger charge is 2.47. The molecule has 1 aliphatic carbocycles. The Hall–Kier alpha value is -7.22. The third-order valence-electron chi connectivity index (χ3n) is 9.67. The lowest BCUT2D eigenvalue weighted by Gasteiger charge is -2.34. The average molecular weight is 751 g/mol. The number of esters is 4. The highest BCUT2D eigenvalue weighted by Crippen LogP contribution is 2.57. The summed E-state index contributed by atoms with van der Waals surface area (Å²) in [4.78, 5) is 48.2. The van der Waals surface area contributed by atoms with Crippen LogP contribution in [-0.2, 0) is 14.9 Å². The van der Waals surface area contributed by atoms with Crippen LogP contribution in [-0.4, -0.2) is 23.9 Å². The van der Waals surface area contributed by atoms with Crippen molar-refractivity contribution in [2.45, 2.75) is 5.41 Å². The molecule has 55 heavy (non-hydrogen) atoms. The number of benzene rings is 6. The van der Waals surface area contributed by atoms with E-state index in [2.05, 4.69) is 9.47 Å². The Morgan fingerprint density at radius 1 is 0.418 bits per heavy atom. The summed E-state index contributed by atoms with van der Waals surface area (Å²) in [6.45, 7) is 0. The largest absolute Gasteiger partial charge is 0.451 e. The van der Waals surface area contributed by atoms with Crippen LogP contribution in [0.5, 0.6) is 23.0 Å². The fourth-order valence-corrected chi connectivity index (χ4v) is 7.44. The van der Waals surface area contributed by atoms with Gasteiger partial charge in [0.25, 0.3) is 0 Å². The van der Waals surface area contributed by atoms with E-state index < -0.39 is 97.9 Å². The quantitative estimate of drug-likeness (QED) is 0.0718. The Morgan fingerprint density at radius 2 is 0.782 bits per heavy atom. The van der Waals surface area contributed by atoms with Crippen LogP contribution in [0.4, 0.5) is 26.3 Å². The molecule has 270 valence electrons.